The van der Waals surface area contributed by atoms with Crippen molar-refractivity contribution in [2.24, 2.45) is 17.6 Å². The zero-order valence-corrected chi connectivity index (χ0v) is 12.3. The first kappa shape index (κ1) is 13.6. The van der Waals surface area contributed by atoms with Crippen LogP contribution in [0.2, 0.25) is 0 Å². The van der Waals surface area contributed by atoms with Crippen LogP contribution in [0, 0.1) is 11.8 Å². The molecule has 0 bridgehead atoms. The first-order chi connectivity index (χ1) is 9.56. The molecule has 1 saturated heterocycles. The molecule has 3 heteroatoms. The second-order valence-electron chi connectivity index (χ2n) is 6.65. The minimum absolute atomic E-state index is 0.0287. The largest absolute Gasteiger partial charge is 0.369 e. The molecule has 1 aliphatic carbocycles. The summed E-state index contributed by atoms with van der Waals surface area (Å²) in [6, 6.07) is 9.33. The number of hydrogen-bond acceptors (Lipinski definition) is 2. The molecule has 1 heterocycles. The zero-order valence-electron chi connectivity index (χ0n) is 12.3. The molecule has 3 nitrogen and oxygen atoms in total. The number of benzene rings is 1. The first-order valence-corrected chi connectivity index (χ1v) is 7.69. The van der Waals surface area contributed by atoms with Crippen LogP contribution in [0.25, 0.3) is 0 Å². The average molecular weight is 272 g/mol. The van der Waals surface area contributed by atoms with Crippen LogP contribution in [0.5, 0.6) is 0 Å². The summed E-state index contributed by atoms with van der Waals surface area (Å²) in [6.45, 7) is 4.36. The fraction of sp³-hybridized carbons (Fsp3) is 0.588. The Bertz CT molecular complexity index is 513. The van der Waals surface area contributed by atoms with Crippen molar-refractivity contribution in [3.8, 4) is 0 Å². The second-order valence-corrected chi connectivity index (χ2v) is 6.65. The lowest BCUT2D eigenvalue weighted by Crippen LogP contribution is -2.55. The zero-order chi connectivity index (χ0) is 14.3. The molecule has 108 valence electrons. The predicted octanol–water partition coefficient (Wildman–Crippen LogP) is 2.20. The van der Waals surface area contributed by atoms with Gasteiger partial charge in [0.15, 0.2) is 0 Å². The Kier molecular flexibility index (Phi) is 3.55. The SMILES string of the molecule is CC1CC(C)C(C(N)=O)C(CC2Cc3ccccc32)N1. The van der Waals surface area contributed by atoms with E-state index < -0.39 is 0 Å². The van der Waals surface area contributed by atoms with Crippen molar-refractivity contribution in [3.63, 3.8) is 0 Å². The highest BCUT2D eigenvalue weighted by atomic mass is 16.1. The third-order valence-corrected chi connectivity index (χ3v) is 5.10. The molecule has 1 aromatic carbocycles. The van der Waals surface area contributed by atoms with Crippen LogP contribution in [0.3, 0.4) is 0 Å². The Morgan fingerprint density at radius 3 is 2.80 bits per heavy atom. The molecule has 20 heavy (non-hydrogen) atoms. The Morgan fingerprint density at radius 1 is 1.35 bits per heavy atom. The minimum Gasteiger partial charge on any atom is -0.369 e. The fourth-order valence-electron chi connectivity index (χ4n) is 4.21. The summed E-state index contributed by atoms with van der Waals surface area (Å²) in [6.07, 6.45) is 3.20. The number of carbonyl (C=O) groups is 1. The van der Waals surface area contributed by atoms with E-state index in [4.69, 9.17) is 5.73 Å². The van der Waals surface area contributed by atoms with Crippen molar-refractivity contribution >= 4 is 5.91 Å². The number of piperidine rings is 1. The highest BCUT2D eigenvalue weighted by Crippen LogP contribution is 2.40. The maximum absolute atomic E-state index is 11.8. The lowest BCUT2D eigenvalue weighted by Gasteiger charge is -2.42. The van der Waals surface area contributed by atoms with E-state index in [1.807, 2.05) is 0 Å². The molecule has 5 atom stereocenters. The summed E-state index contributed by atoms with van der Waals surface area (Å²) in [5.41, 5.74) is 8.57. The Hall–Kier alpha value is -1.35. The van der Waals surface area contributed by atoms with E-state index in [9.17, 15) is 4.79 Å². The van der Waals surface area contributed by atoms with Gasteiger partial charge in [0.05, 0.1) is 5.92 Å². The average Bonchev–Trinajstić information content (AvgIpc) is 2.34. The van der Waals surface area contributed by atoms with Gasteiger partial charge >= 0.3 is 0 Å². The number of amides is 1. The summed E-state index contributed by atoms with van der Waals surface area (Å²) in [7, 11) is 0. The van der Waals surface area contributed by atoms with E-state index in [-0.39, 0.29) is 17.9 Å². The predicted molar refractivity (Wildman–Crippen MR) is 80.4 cm³/mol. The summed E-state index contributed by atoms with van der Waals surface area (Å²) >= 11 is 0. The number of fused-ring (bicyclic) bond motifs is 1. The third-order valence-electron chi connectivity index (χ3n) is 5.10. The summed E-state index contributed by atoms with van der Waals surface area (Å²) in [5, 5.41) is 3.61. The Labute approximate surface area is 120 Å². The number of carbonyl (C=O) groups excluding carboxylic acids is 1. The second kappa shape index (κ2) is 5.21. The molecule has 0 spiro atoms. The molecule has 0 radical (unpaired) electrons. The van der Waals surface area contributed by atoms with Crippen molar-refractivity contribution in [1.82, 2.24) is 5.32 Å². The quantitative estimate of drug-likeness (QED) is 0.886. The van der Waals surface area contributed by atoms with Crippen LogP contribution < -0.4 is 11.1 Å². The molecule has 0 saturated carbocycles. The molecule has 1 aromatic rings. The van der Waals surface area contributed by atoms with Gasteiger partial charge in [-0.15, -0.1) is 0 Å². The lowest BCUT2D eigenvalue weighted by atomic mass is 9.69. The van der Waals surface area contributed by atoms with Crippen LogP contribution in [0.1, 0.15) is 43.7 Å². The van der Waals surface area contributed by atoms with Crippen LogP contribution >= 0.6 is 0 Å². The molecule has 0 aromatic heterocycles. The van der Waals surface area contributed by atoms with Crippen molar-refractivity contribution in [3.05, 3.63) is 35.4 Å². The van der Waals surface area contributed by atoms with Crippen molar-refractivity contribution in [1.29, 1.82) is 0 Å². The normalized spacial score (nSPS) is 36.0. The number of primary amides is 1. The minimum atomic E-state index is -0.144. The number of hydrogen-bond donors (Lipinski definition) is 2. The molecule has 1 amide bonds. The van der Waals surface area contributed by atoms with Crippen LogP contribution in [0.4, 0.5) is 0 Å². The van der Waals surface area contributed by atoms with Crippen LogP contribution in [0.15, 0.2) is 24.3 Å². The Balaban J connectivity index is 1.74. The summed E-state index contributed by atoms with van der Waals surface area (Å²) in [5.74, 6) is 0.792. The van der Waals surface area contributed by atoms with E-state index in [0.29, 0.717) is 17.9 Å². The molecule has 5 unspecified atom stereocenters. The van der Waals surface area contributed by atoms with E-state index in [2.05, 4.69) is 43.4 Å². The van der Waals surface area contributed by atoms with Crippen LogP contribution in [-0.2, 0) is 11.2 Å². The molecular weight excluding hydrogens is 248 g/mol. The topological polar surface area (TPSA) is 55.1 Å². The standard InChI is InChI=1S/C17H24N2O/c1-10-7-11(2)19-15(16(10)17(18)20)9-13-8-12-5-3-4-6-14(12)13/h3-6,10-11,13,15-16,19H,7-9H2,1-2H3,(H2,18,20). The highest BCUT2D eigenvalue weighted by molar-refractivity contribution is 5.78. The lowest BCUT2D eigenvalue weighted by molar-refractivity contribution is -0.125. The fourth-order valence-corrected chi connectivity index (χ4v) is 4.21. The van der Waals surface area contributed by atoms with Gasteiger partial charge in [0.25, 0.3) is 0 Å². The maximum atomic E-state index is 11.8. The van der Waals surface area contributed by atoms with Gasteiger partial charge in [-0.2, -0.15) is 0 Å². The first-order valence-electron chi connectivity index (χ1n) is 7.69. The molecule has 1 aliphatic heterocycles. The van der Waals surface area contributed by atoms with Crippen molar-refractivity contribution < 1.29 is 4.79 Å². The van der Waals surface area contributed by atoms with Gasteiger partial charge in [-0.3, -0.25) is 4.79 Å². The molecule has 3 N–H and O–H groups in total. The van der Waals surface area contributed by atoms with Crippen molar-refractivity contribution in [2.75, 3.05) is 0 Å². The van der Waals surface area contributed by atoms with Crippen LogP contribution in [-0.4, -0.2) is 18.0 Å². The molecule has 3 rings (SSSR count). The molecular formula is C17H24N2O. The molecule has 1 fully saturated rings. The van der Waals surface area contributed by atoms with E-state index >= 15 is 0 Å². The number of nitrogens with two attached hydrogens (primary N) is 1. The van der Waals surface area contributed by atoms with Gasteiger partial charge in [0.1, 0.15) is 0 Å². The van der Waals surface area contributed by atoms with E-state index in [1.165, 1.54) is 11.1 Å². The van der Waals surface area contributed by atoms with E-state index in [0.717, 1.165) is 19.3 Å². The maximum Gasteiger partial charge on any atom is 0.222 e. The van der Waals surface area contributed by atoms with Gasteiger partial charge in [0, 0.05) is 12.1 Å². The van der Waals surface area contributed by atoms with E-state index in [1.54, 1.807) is 0 Å². The molecule has 2 aliphatic rings. The third kappa shape index (κ3) is 2.35. The number of rotatable bonds is 3. The summed E-state index contributed by atoms with van der Waals surface area (Å²) < 4.78 is 0. The van der Waals surface area contributed by atoms with Crippen molar-refractivity contribution in [2.45, 2.75) is 51.1 Å². The monoisotopic (exact) mass is 272 g/mol. The Morgan fingerprint density at radius 2 is 2.10 bits per heavy atom. The highest BCUT2D eigenvalue weighted by Gasteiger charge is 2.39. The number of nitrogens with one attached hydrogen (secondary N) is 1. The van der Waals surface area contributed by atoms with Gasteiger partial charge in [0.2, 0.25) is 5.91 Å². The van der Waals surface area contributed by atoms with Gasteiger partial charge in [-0.1, -0.05) is 31.2 Å². The van der Waals surface area contributed by atoms with Gasteiger partial charge in [-0.05, 0) is 49.1 Å². The smallest absolute Gasteiger partial charge is 0.222 e. The van der Waals surface area contributed by atoms with Gasteiger partial charge < -0.3 is 11.1 Å². The van der Waals surface area contributed by atoms with Gasteiger partial charge in [-0.25, -0.2) is 0 Å². The summed E-state index contributed by atoms with van der Waals surface area (Å²) in [4.78, 5) is 11.8.